The van der Waals surface area contributed by atoms with Gasteiger partial charge in [-0.15, -0.1) is 0 Å². The molecule has 1 saturated heterocycles. The largest absolute Gasteiger partial charge is 0.479 e. The van der Waals surface area contributed by atoms with Gasteiger partial charge >= 0.3 is 17.9 Å². The Morgan fingerprint density at radius 2 is 0.869 bits per heavy atom. The van der Waals surface area contributed by atoms with Crippen molar-refractivity contribution in [2.24, 2.45) is 0 Å². The Morgan fingerprint density at radius 3 is 1.28 bits per heavy atom. The predicted octanol–water partition coefficient (Wildman–Crippen LogP) is 11.6. The van der Waals surface area contributed by atoms with Gasteiger partial charge in [0, 0.05) is 12.8 Å². The Morgan fingerprint density at radius 1 is 0.492 bits per heavy atom. The number of rotatable bonds is 43. The summed E-state index contributed by atoms with van der Waals surface area (Å²) in [4.78, 5) is 36.9. The highest BCUT2D eigenvalue weighted by Gasteiger charge is 2.47. The molecular formula is C50H92O11. The van der Waals surface area contributed by atoms with Crippen LogP contribution >= 0.6 is 0 Å². The summed E-state index contributed by atoms with van der Waals surface area (Å²) in [6.45, 7) is 3.83. The van der Waals surface area contributed by atoms with Crippen LogP contribution in [0.1, 0.15) is 239 Å². The molecule has 0 aromatic carbocycles. The van der Waals surface area contributed by atoms with Gasteiger partial charge in [-0.2, -0.15) is 0 Å². The minimum atomic E-state index is -1.86. The van der Waals surface area contributed by atoms with E-state index < -0.39 is 54.7 Å². The van der Waals surface area contributed by atoms with Crippen LogP contribution in [0.4, 0.5) is 0 Å². The van der Waals surface area contributed by atoms with Crippen LogP contribution in [0, 0.1) is 0 Å². The fourth-order valence-corrected chi connectivity index (χ4v) is 7.88. The lowest BCUT2D eigenvalue weighted by molar-refractivity contribution is -0.298. The zero-order valence-electron chi connectivity index (χ0n) is 38.9. The van der Waals surface area contributed by atoms with Crippen LogP contribution in [-0.4, -0.2) is 88.4 Å². The average Bonchev–Trinajstić information content (AvgIpc) is 3.24. The molecule has 1 rings (SSSR count). The fraction of sp³-hybridized carbons (Fsp3) is 0.900. The van der Waals surface area contributed by atoms with E-state index in [4.69, 9.17) is 18.9 Å². The molecule has 1 fully saturated rings. The molecule has 0 amide bonds. The summed E-state index contributed by atoms with van der Waals surface area (Å²) < 4.78 is 21.8. The molecule has 6 atom stereocenters. The second-order valence-electron chi connectivity index (χ2n) is 17.7. The molecular weight excluding hydrogens is 777 g/mol. The van der Waals surface area contributed by atoms with Crippen molar-refractivity contribution in [3.05, 3.63) is 12.2 Å². The summed E-state index contributed by atoms with van der Waals surface area (Å²) in [5, 5.41) is 39.9. The third-order valence-corrected chi connectivity index (χ3v) is 11.9. The third kappa shape index (κ3) is 32.3. The number of esters is 2. The zero-order chi connectivity index (χ0) is 44.6. The van der Waals surface area contributed by atoms with Crippen molar-refractivity contribution in [2.45, 2.75) is 275 Å². The maximum atomic E-state index is 12.8. The first-order valence-electron chi connectivity index (χ1n) is 25.2. The van der Waals surface area contributed by atoms with Crippen molar-refractivity contribution in [3.8, 4) is 0 Å². The summed E-state index contributed by atoms with van der Waals surface area (Å²) in [7, 11) is 0. The molecule has 11 nitrogen and oxygen atoms in total. The second-order valence-corrected chi connectivity index (χ2v) is 17.7. The highest BCUT2D eigenvalue weighted by atomic mass is 16.7. The van der Waals surface area contributed by atoms with Crippen LogP contribution in [0.3, 0.4) is 0 Å². The second kappa shape index (κ2) is 40.7. The molecule has 0 saturated carbocycles. The normalized spacial score (nSPS) is 19.7. The van der Waals surface area contributed by atoms with Gasteiger partial charge in [-0.05, 0) is 38.5 Å². The van der Waals surface area contributed by atoms with Gasteiger partial charge in [0.1, 0.15) is 24.9 Å². The standard InChI is InChI=1S/C50H92O11/c1-3-5-7-9-11-13-15-17-18-19-20-21-22-23-24-25-26-27-29-30-32-34-36-38-43(51)58-40-42(41-59-50-47(55)45(53)46(54)48(61-50)49(56)57)60-44(52)39-37-35-33-31-28-16-14-12-10-8-6-4-2/h19-20,42,45-48,50,53-55H,3-18,21-41H2,1-2H3,(H,56,57)/b20-19-. The molecule has 0 aliphatic carbocycles. The number of ether oxygens (including phenoxy) is 4. The fourth-order valence-electron chi connectivity index (χ4n) is 7.88. The lowest BCUT2D eigenvalue weighted by Crippen LogP contribution is -2.60. The summed E-state index contributed by atoms with van der Waals surface area (Å²) in [6, 6.07) is 0. The maximum Gasteiger partial charge on any atom is 0.335 e. The van der Waals surface area contributed by atoms with Gasteiger partial charge in [-0.3, -0.25) is 9.59 Å². The van der Waals surface area contributed by atoms with Crippen LogP contribution in [0.25, 0.3) is 0 Å². The highest BCUT2D eigenvalue weighted by Crippen LogP contribution is 2.23. The van der Waals surface area contributed by atoms with Crippen molar-refractivity contribution in [1.29, 1.82) is 0 Å². The molecule has 0 spiro atoms. The topological polar surface area (TPSA) is 169 Å². The highest BCUT2D eigenvalue weighted by molar-refractivity contribution is 5.73. The van der Waals surface area contributed by atoms with Crippen LogP contribution in [-0.2, 0) is 33.3 Å². The van der Waals surface area contributed by atoms with Gasteiger partial charge in [0.2, 0.25) is 0 Å². The molecule has 0 bridgehead atoms. The third-order valence-electron chi connectivity index (χ3n) is 11.9. The number of hydrogen-bond donors (Lipinski definition) is 4. The maximum absolute atomic E-state index is 12.8. The first kappa shape index (κ1) is 57.0. The van der Waals surface area contributed by atoms with Crippen LogP contribution in [0.2, 0.25) is 0 Å². The molecule has 0 aromatic rings. The summed E-state index contributed by atoms with van der Waals surface area (Å²) in [5.74, 6) is -2.43. The van der Waals surface area contributed by atoms with E-state index in [1.165, 1.54) is 161 Å². The Balaban J connectivity index is 2.25. The number of carbonyl (C=O) groups is 3. The van der Waals surface area contributed by atoms with Crippen molar-refractivity contribution in [2.75, 3.05) is 13.2 Å². The van der Waals surface area contributed by atoms with E-state index in [-0.39, 0.29) is 26.1 Å². The first-order valence-corrected chi connectivity index (χ1v) is 25.2. The minimum Gasteiger partial charge on any atom is -0.479 e. The summed E-state index contributed by atoms with van der Waals surface area (Å²) in [6.07, 6.45) is 35.6. The molecule has 1 aliphatic heterocycles. The monoisotopic (exact) mass is 869 g/mol. The van der Waals surface area contributed by atoms with E-state index in [1.807, 2.05) is 0 Å². The molecule has 61 heavy (non-hydrogen) atoms. The SMILES string of the molecule is CCCCCCCCCC/C=C\CCCCCCCCCCCCCC(=O)OCC(COC1OC(C(=O)O)C(O)C(O)C1O)OC(=O)CCCCCCCCCCCCCC. The molecule has 1 aliphatic rings. The molecule has 4 N–H and O–H groups in total. The molecule has 11 heteroatoms. The van der Waals surface area contributed by atoms with E-state index in [2.05, 4.69) is 26.0 Å². The number of aliphatic hydroxyl groups is 3. The number of allylic oxidation sites excluding steroid dienone is 2. The van der Waals surface area contributed by atoms with E-state index in [0.717, 1.165) is 38.5 Å². The van der Waals surface area contributed by atoms with E-state index in [1.54, 1.807) is 0 Å². The quantitative estimate of drug-likeness (QED) is 0.0261. The zero-order valence-corrected chi connectivity index (χ0v) is 38.9. The van der Waals surface area contributed by atoms with Gasteiger partial charge in [-0.1, -0.05) is 199 Å². The van der Waals surface area contributed by atoms with Crippen LogP contribution in [0.15, 0.2) is 12.2 Å². The van der Waals surface area contributed by atoms with Crippen molar-refractivity contribution in [3.63, 3.8) is 0 Å². The number of hydrogen-bond acceptors (Lipinski definition) is 10. The Bertz CT molecular complexity index is 1070. The molecule has 6 unspecified atom stereocenters. The van der Waals surface area contributed by atoms with Crippen molar-refractivity contribution in [1.82, 2.24) is 0 Å². The number of aliphatic hydroxyl groups excluding tert-OH is 3. The lowest BCUT2D eigenvalue weighted by atomic mass is 9.99. The summed E-state index contributed by atoms with van der Waals surface area (Å²) in [5.41, 5.74) is 0. The van der Waals surface area contributed by atoms with Gasteiger partial charge in [0.15, 0.2) is 18.5 Å². The Labute approximate surface area is 371 Å². The molecule has 0 radical (unpaired) electrons. The number of aliphatic carboxylic acids is 1. The molecule has 0 aromatic heterocycles. The number of carbonyl (C=O) groups excluding carboxylic acids is 2. The predicted molar refractivity (Wildman–Crippen MR) is 243 cm³/mol. The smallest absolute Gasteiger partial charge is 0.335 e. The minimum absolute atomic E-state index is 0.188. The summed E-state index contributed by atoms with van der Waals surface area (Å²) >= 11 is 0. The number of unbranched alkanes of at least 4 members (excludes halogenated alkanes) is 30. The van der Waals surface area contributed by atoms with Gasteiger partial charge < -0.3 is 39.4 Å². The Kier molecular flexibility index (Phi) is 38.0. The van der Waals surface area contributed by atoms with E-state index in [9.17, 15) is 34.8 Å². The van der Waals surface area contributed by atoms with Gasteiger partial charge in [0.25, 0.3) is 0 Å². The van der Waals surface area contributed by atoms with Crippen LogP contribution in [0.5, 0.6) is 0 Å². The van der Waals surface area contributed by atoms with E-state index in [0.29, 0.717) is 12.8 Å². The lowest BCUT2D eigenvalue weighted by Gasteiger charge is -2.38. The molecule has 358 valence electrons. The average molecular weight is 869 g/mol. The number of carboxylic acid groups (broad SMARTS) is 1. The van der Waals surface area contributed by atoms with Crippen molar-refractivity contribution < 1.29 is 53.8 Å². The molecule has 1 heterocycles. The number of carboxylic acids is 1. The van der Waals surface area contributed by atoms with Crippen molar-refractivity contribution >= 4 is 17.9 Å². The Hall–Kier alpha value is -2.05. The first-order chi connectivity index (χ1) is 29.7. The van der Waals surface area contributed by atoms with E-state index >= 15 is 0 Å². The van der Waals surface area contributed by atoms with Crippen LogP contribution < -0.4 is 0 Å². The van der Waals surface area contributed by atoms with Gasteiger partial charge in [0.05, 0.1) is 6.61 Å². The van der Waals surface area contributed by atoms with Gasteiger partial charge in [-0.25, -0.2) is 4.79 Å².